The smallest absolute Gasteiger partial charge is 0.223 e. The van der Waals surface area contributed by atoms with E-state index in [1.165, 1.54) is 0 Å². The largest absolute Gasteiger partial charge is 0.394 e. The third kappa shape index (κ3) is 5.03. The predicted octanol–water partition coefficient (Wildman–Crippen LogP) is 3.05. The Bertz CT molecular complexity index is 364. The van der Waals surface area contributed by atoms with Crippen LogP contribution in [0, 0.1) is 5.92 Å². The molecule has 0 heterocycles. The summed E-state index contributed by atoms with van der Waals surface area (Å²) >= 11 is 0. The van der Waals surface area contributed by atoms with Crippen LogP contribution in [0.15, 0.2) is 30.3 Å². The summed E-state index contributed by atoms with van der Waals surface area (Å²) in [5.74, 6) is 0.108. The van der Waals surface area contributed by atoms with Gasteiger partial charge < -0.3 is 10.4 Å². The summed E-state index contributed by atoms with van der Waals surface area (Å²) in [5, 5.41) is 12.4. The van der Waals surface area contributed by atoms with Gasteiger partial charge in [0.1, 0.15) is 0 Å². The minimum atomic E-state index is -0.302. The third-order valence-corrected chi connectivity index (χ3v) is 3.47. The Morgan fingerprint density at radius 1 is 1.26 bits per heavy atom. The quantitative estimate of drug-likeness (QED) is 0.757. The van der Waals surface area contributed by atoms with Crippen LogP contribution < -0.4 is 5.32 Å². The van der Waals surface area contributed by atoms with Gasteiger partial charge in [0.05, 0.1) is 12.6 Å². The number of aliphatic hydroxyl groups is 1. The first-order valence-electron chi connectivity index (χ1n) is 7.19. The van der Waals surface area contributed by atoms with Crippen LogP contribution in [0.3, 0.4) is 0 Å². The van der Waals surface area contributed by atoms with E-state index in [4.69, 9.17) is 0 Å². The van der Waals surface area contributed by atoms with Gasteiger partial charge in [0.15, 0.2) is 0 Å². The number of unbranched alkanes of at least 4 members (excludes halogenated alkanes) is 1. The van der Waals surface area contributed by atoms with E-state index < -0.39 is 0 Å². The second-order valence-corrected chi connectivity index (χ2v) is 4.90. The number of carbonyl (C=O) groups is 1. The third-order valence-electron chi connectivity index (χ3n) is 3.47. The normalized spacial score (nSPS) is 13.8. The molecule has 0 bridgehead atoms. The lowest BCUT2D eigenvalue weighted by molar-refractivity contribution is -0.126. The molecule has 1 aromatic rings. The van der Waals surface area contributed by atoms with E-state index in [1.54, 1.807) is 0 Å². The molecule has 19 heavy (non-hydrogen) atoms. The molecule has 2 N–H and O–H groups in total. The highest BCUT2D eigenvalue weighted by molar-refractivity contribution is 5.79. The topological polar surface area (TPSA) is 49.3 Å². The molecule has 106 valence electrons. The van der Waals surface area contributed by atoms with Crippen molar-refractivity contribution in [1.29, 1.82) is 0 Å². The first-order valence-corrected chi connectivity index (χ1v) is 7.19. The summed E-state index contributed by atoms with van der Waals surface area (Å²) in [6.45, 7) is 4.10. The summed E-state index contributed by atoms with van der Waals surface area (Å²) in [6, 6.07) is 9.30. The molecule has 0 spiro atoms. The van der Waals surface area contributed by atoms with Crippen LogP contribution in [0.5, 0.6) is 0 Å². The van der Waals surface area contributed by atoms with Gasteiger partial charge in [0.25, 0.3) is 0 Å². The lowest BCUT2D eigenvalue weighted by atomic mass is 9.97. The molecule has 0 aliphatic carbocycles. The number of rotatable bonds is 8. The Morgan fingerprint density at radius 2 is 1.95 bits per heavy atom. The van der Waals surface area contributed by atoms with Gasteiger partial charge in [0, 0.05) is 5.92 Å². The second-order valence-electron chi connectivity index (χ2n) is 4.90. The fourth-order valence-corrected chi connectivity index (χ4v) is 2.18. The molecule has 0 radical (unpaired) electrons. The van der Waals surface area contributed by atoms with E-state index in [2.05, 4.69) is 12.2 Å². The summed E-state index contributed by atoms with van der Waals surface area (Å²) < 4.78 is 0. The van der Waals surface area contributed by atoms with Gasteiger partial charge in [-0.1, -0.05) is 57.0 Å². The summed E-state index contributed by atoms with van der Waals surface area (Å²) in [5.41, 5.74) is 0.948. The minimum Gasteiger partial charge on any atom is -0.394 e. The molecule has 0 aliphatic rings. The van der Waals surface area contributed by atoms with E-state index in [0.29, 0.717) is 0 Å². The van der Waals surface area contributed by atoms with Crippen molar-refractivity contribution in [2.45, 2.75) is 45.6 Å². The molecule has 1 rings (SSSR count). The van der Waals surface area contributed by atoms with Crippen LogP contribution >= 0.6 is 0 Å². The number of aliphatic hydroxyl groups excluding tert-OH is 1. The first-order chi connectivity index (χ1) is 9.22. The van der Waals surface area contributed by atoms with Gasteiger partial charge >= 0.3 is 0 Å². The Kier molecular flexibility index (Phi) is 7.19. The van der Waals surface area contributed by atoms with Crippen LogP contribution in [-0.2, 0) is 4.79 Å². The highest BCUT2D eigenvalue weighted by atomic mass is 16.3. The molecule has 1 amide bonds. The van der Waals surface area contributed by atoms with Gasteiger partial charge in [-0.3, -0.25) is 4.79 Å². The zero-order valence-electron chi connectivity index (χ0n) is 11.9. The van der Waals surface area contributed by atoms with Crippen molar-refractivity contribution in [3.63, 3.8) is 0 Å². The van der Waals surface area contributed by atoms with Crippen molar-refractivity contribution >= 4 is 5.91 Å². The van der Waals surface area contributed by atoms with Crippen LogP contribution in [0.2, 0.25) is 0 Å². The molecular weight excluding hydrogens is 238 g/mol. The highest BCUT2D eigenvalue weighted by Crippen LogP contribution is 2.16. The lowest BCUT2D eigenvalue weighted by Crippen LogP contribution is -2.35. The van der Waals surface area contributed by atoms with Crippen molar-refractivity contribution in [1.82, 2.24) is 5.32 Å². The number of nitrogens with one attached hydrogen (secondary N) is 1. The lowest BCUT2D eigenvalue weighted by Gasteiger charge is -2.21. The molecule has 0 saturated carbocycles. The van der Waals surface area contributed by atoms with Crippen LogP contribution in [0.1, 0.15) is 51.1 Å². The zero-order valence-corrected chi connectivity index (χ0v) is 11.9. The SMILES string of the molecule is CCCCC(CC)C(=O)NC(CO)c1ccccc1. The fourth-order valence-electron chi connectivity index (χ4n) is 2.18. The van der Waals surface area contributed by atoms with Crippen LogP contribution in [0.25, 0.3) is 0 Å². The number of carbonyl (C=O) groups excluding carboxylic acids is 1. The van der Waals surface area contributed by atoms with Gasteiger partial charge in [-0.25, -0.2) is 0 Å². The van der Waals surface area contributed by atoms with Gasteiger partial charge in [0.2, 0.25) is 5.91 Å². The van der Waals surface area contributed by atoms with Crippen molar-refractivity contribution in [3.8, 4) is 0 Å². The Hall–Kier alpha value is -1.35. The van der Waals surface area contributed by atoms with Crippen molar-refractivity contribution in [2.24, 2.45) is 5.92 Å². The number of benzene rings is 1. The van der Waals surface area contributed by atoms with E-state index >= 15 is 0 Å². The Balaban J connectivity index is 2.62. The average molecular weight is 263 g/mol. The molecule has 0 fully saturated rings. The summed E-state index contributed by atoms with van der Waals surface area (Å²) in [6.07, 6.45) is 3.94. The summed E-state index contributed by atoms with van der Waals surface area (Å²) in [7, 11) is 0. The van der Waals surface area contributed by atoms with Crippen molar-refractivity contribution in [2.75, 3.05) is 6.61 Å². The number of amides is 1. The van der Waals surface area contributed by atoms with Crippen molar-refractivity contribution in [3.05, 3.63) is 35.9 Å². The molecular formula is C16H25NO2. The van der Waals surface area contributed by atoms with Gasteiger partial charge in [-0.2, -0.15) is 0 Å². The Labute approximate surface area is 116 Å². The maximum absolute atomic E-state index is 12.2. The monoisotopic (exact) mass is 263 g/mol. The minimum absolute atomic E-state index is 0.0534. The zero-order chi connectivity index (χ0) is 14.1. The van der Waals surface area contributed by atoms with E-state index in [1.807, 2.05) is 37.3 Å². The maximum Gasteiger partial charge on any atom is 0.223 e. The molecule has 3 heteroatoms. The van der Waals surface area contributed by atoms with Crippen LogP contribution in [0.4, 0.5) is 0 Å². The predicted molar refractivity (Wildman–Crippen MR) is 77.7 cm³/mol. The number of hydrogen-bond acceptors (Lipinski definition) is 2. The van der Waals surface area contributed by atoms with Crippen LogP contribution in [-0.4, -0.2) is 17.6 Å². The first kappa shape index (κ1) is 15.7. The maximum atomic E-state index is 12.2. The van der Waals surface area contributed by atoms with Crippen molar-refractivity contribution < 1.29 is 9.90 Å². The summed E-state index contributed by atoms with van der Waals surface area (Å²) in [4.78, 5) is 12.2. The fraction of sp³-hybridized carbons (Fsp3) is 0.562. The average Bonchev–Trinajstić information content (AvgIpc) is 2.46. The second kappa shape index (κ2) is 8.70. The molecule has 0 aliphatic heterocycles. The van der Waals surface area contributed by atoms with Gasteiger partial charge in [-0.15, -0.1) is 0 Å². The van der Waals surface area contributed by atoms with E-state index in [-0.39, 0.29) is 24.5 Å². The standard InChI is InChI=1S/C16H25NO2/c1-3-5-9-13(4-2)16(19)17-15(12-18)14-10-7-6-8-11-14/h6-8,10-11,13,15,18H,3-5,9,12H2,1-2H3,(H,17,19). The van der Waals surface area contributed by atoms with E-state index in [9.17, 15) is 9.90 Å². The number of hydrogen-bond donors (Lipinski definition) is 2. The molecule has 2 atom stereocenters. The van der Waals surface area contributed by atoms with E-state index in [0.717, 1.165) is 31.2 Å². The molecule has 0 saturated heterocycles. The molecule has 2 unspecified atom stereocenters. The molecule has 1 aromatic carbocycles. The molecule has 0 aromatic heterocycles. The Morgan fingerprint density at radius 3 is 2.47 bits per heavy atom. The molecule has 3 nitrogen and oxygen atoms in total. The highest BCUT2D eigenvalue weighted by Gasteiger charge is 2.20. The van der Waals surface area contributed by atoms with Gasteiger partial charge in [-0.05, 0) is 18.4 Å².